The Bertz CT molecular complexity index is 1760. The second-order valence-electron chi connectivity index (χ2n) is 12.2. The summed E-state index contributed by atoms with van der Waals surface area (Å²) in [4.78, 5) is 17.8. The Morgan fingerprint density at radius 1 is 0.902 bits per heavy atom. The molecule has 0 bridgehead atoms. The van der Waals surface area contributed by atoms with Gasteiger partial charge in [0.25, 0.3) is 10.0 Å². The molecule has 0 amide bonds. The van der Waals surface area contributed by atoms with Gasteiger partial charge < -0.3 is 9.52 Å². The van der Waals surface area contributed by atoms with Crippen LogP contribution in [0.5, 0.6) is 5.75 Å². The van der Waals surface area contributed by atoms with E-state index in [-0.39, 0.29) is 34.1 Å². The minimum atomic E-state index is -3.95. The van der Waals surface area contributed by atoms with Crippen LogP contribution in [0, 0.1) is 17.8 Å². The summed E-state index contributed by atoms with van der Waals surface area (Å²) >= 11 is 0. The lowest BCUT2D eigenvalue weighted by atomic mass is 9.86. The first kappa shape index (κ1) is 26.3. The van der Waals surface area contributed by atoms with E-state index in [4.69, 9.17) is 4.42 Å². The van der Waals surface area contributed by atoms with Crippen LogP contribution in [0.2, 0.25) is 0 Å². The lowest BCUT2D eigenvalue weighted by molar-refractivity contribution is 0.357. The summed E-state index contributed by atoms with van der Waals surface area (Å²) in [5.41, 5.74) is 1.52. The molecule has 8 heteroatoms. The molecule has 2 N–H and O–H groups in total. The zero-order valence-corrected chi connectivity index (χ0v) is 23.6. The fourth-order valence-corrected chi connectivity index (χ4v) is 7.15. The van der Waals surface area contributed by atoms with E-state index in [0.29, 0.717) is 28.8 Å². The van der Waals surface area contributed by atoms with Gasteiger partial charge in [0.2, 0.25) is 0 Å². The van der Waals surface area contributed by atoms with E-state index in [0.717, 1.165) is 36.6 Å². The lowest BCUT2D eigenvalue weighted by Crippen LogP contribution is -2.18. The Labute approximate surface area is 239 Å². The maximum absolute atomic E-state index is 13.5. The summed E-state index contributed by atoms with van der Waals surface area (Å²) < 4.78 is 35.1. The van der Waals surface area contributed by atoms with Crippen LogP contribution in [0.15, 0.2) is 81.0 Å². The van der Waals surface area contributed by atoms with Crippen molar-refractivity contribution in [2.45, 2.75) is 68.2 Å². The number of hydrogen-bond donors (Lipinski definition) is 2. The van der Waals surface area contributed by atoms with Gasteiger partial charge >= 0.3 is 5.63 Å². The number of aromatic hydroxyl groups is 1. The Morgan fingerprint density at radius 2 is 1.63 bits per heavy atom. The van der Waals surface area contributed by atoms with Crippen LogP contribution >= 0.6 is 0 Å². The van der Waals surface area contributed by atoms with Crippen LogP contribution in [0.25, 0.3) is 10.9 Å². The van der Waals surface area contributed by atoms with Crippen molar-refractivity contribution in [1.29, 1.82) is 0 Å². The van der Waals surface area contributed by atoms with Crippen LogP contribution in [0.3, 0.4) is 0 Å². The molecule has 0 aliphatic heterocycles. The molecule has 1 unspecified atom stereocenters. The number of rotatable bonds is 11. The fraction of sp³-hybridized carbons (Fsp3) is 0.394. The van der Waals surface area contributed by atoms with E-state index in [2.05, 4.69) is 9.71 Å². The molecule has 2 heterocycles. The fourth-order valence-electron chi connectivity index (χ4n) is 6.14. The molecule has 41 heavy (non-hydrogen) atoms. The van der Waals surface area contributed by atoms with Crippen molar-refractivity contribution in [1.82, 2.24) is 4.98 Å². The molecule has 4 aromatic rings. The second-order valence-corrected chi connectivity index (χ2v) is 13.8. The zero-order chi connectivity index (χ0) is 28.1. The van der Waals surface area contributed by atoms with E-state index in [9.17, 15) is 18.3 Å². The molecule has 3 fully saturated rings. The number of pyridine rings is 1. The molecule has 3 aliphatic carbocycles. The van der Waals surface area contributed by atoms with E-state index in [1.807, 2.05) is 24.3 Å². The summed E-state index contributed by atoms with van der Waals surface area (Å²) in [7, 11) is -3.95. The molecular formula is C33H34N2O5S. The van der Waals surface area contributed by atoms with Crippen molar-refractivity contribution in [3.05, 3.63) is 94.0 Å². The topological polar surface area (TPSA) is 109 Å². The molecule has 2 aromatic carbocycles. The lowest BCUT2D eigenvalue weighted by Gasteiger charge is -2.21. The summed E-state index contributed by atoms with van der Waals surface area (Å²) in [6.45, 7) is 0. The number of fused-ring (bicyclic) bond motifs is 1. The number of benzene rings is 2. The Morgan fingerprint density at radius 3 is 2.32 bits per heavy atom. The predicted molar refractivity (Wildman–Crippen MR) is 158 cm³/mol. The highest BCUT2D eigenvalue weighted by Crippen LogP contribution is 2.49. The first-order valence-corrected chi connectivity index (χ1v) is 16.2. The molecule has 3 aliphatic rings. The van der Waals surface area contributed by atoms with Gasteiger partial charge in [-0.1, -0.05) is 56.0 Å². The van der Waals surface area contributed by atoms with E-state index < -0.39 is 15.6 Å². The molecular weight excluding hydrogens is 536 g/mol. The average Bonchev–Trinajstić information content (AvgIpc) is 3.78. The van der Waals surface area contributed by atoms with Crippen LogP contribution in [0.4, 0.5) is 5.69 Å². The van der Waals surface area contributed by atoms with Crippen molar-refractivity contribution in [3.63, 3.8) is 0 Å². The summed E-state index contributed by atoms with van der Waals surface area (Å²) in [5.74, 6) is 1.95. The first-order chi connectivity index (χ1) is 19.8. The molecule has 0 spiro atoms. The number of hydrogen-bond acceptors (Lipinski definition) is 6. The summed E-state index contributed by atoms with van der Waals surface area (Å²) in [6.07, 6.45) is 8.80. The van der Waals surface area contributed by atoms with Gasteiger partial charge in [-0.15, -0.1) is 0 Å². The van der Waals surface area contributed by atoms with Gasteiger partial charge in [0.05, 0.1) is 11.1 Å². The Hall–Kier alpha value is -3.65. The third kappa shape index (κ3) is 5.75. The summed E-state index contributed by atoms with van der Waals surface area (Å²) in [6, 6.07) is 19.3. The number of nitrogens with zero attached hydrogens (tertiary/aromatic N) is 1. The minimum Gasteiger partial charge on any atom is -0.507 e. The highest BCUT2D eigenvalue weighted by Gasteiger charge is 2.39. The molecule has 212 valence electrons. The maximum Gasteiger partial charge on any atom is 0.343 e. The van der Waals surface area contributed by atoms with Gasteiger partial charge in [-0.2, -0.15) is 8.42 Å². The molecule has 3 saturated carbocycles. The van der Waals surface area contributed by atoms with Crippen molar-refractivity contribution in [3.8, 4) is 5.75 Å². The number of sulfonamides is 1. The maximum atomic E-state index is 13.5. The Balaban J connectivity index is 1.18. The first-order valence-electron chi connectivity index (χ1n) is 14.7. The summed E-state index contributed by atoms with van der Waals surface area (Å²) in [5, 5.41) is 12.0. The van der Waals surface area contributed by atoms with Crippen LogP contribution in [-0.4, -0.2) is 18.5 Å². The monoisotopic (exact) mass is 570 g/mol. The second kappa shape index (κ2) is 10.3. The zero-order valence-electron chi connectivity index (χ0n) is 22.8. The van der Waals surface area contributed by atoms with Gasteiger partial charge in [0.1, 0.15) is 11.5 Å². The highest BCUT2D eigenvalue weighted by atomic mass is 32.2. The van der Waals surface area contributed by atoms with Crippen molar-refractivity contribution in [2.24, 2.45) is 17.8 Å². The van der Waals surface area contributed by atoms with E-state index in [1.54, 1.807) is 36.4 Å². The third-order valence-electron chi connectivity index (χ3n) is 8.77. The van der Waals surface area contributed by atoms with Gasteiger partial charge in [-0.25, -0.2) is 9.78 Å². The molecule has 2 aromatic heterocycles. The van der Waals surface area contributed by atoms with Crippen LogP contribution in [0.1, 0.15) is 80.1 Å². The van der Waals surface area contributed by atoms with Crippen molar-refractivity contribution < 1.29 is 17.9 Å². The van der Waals surface area contributed by atoms with E-state index >= 15 is 0 Å². The SMILES string of the molecule is O=c1oc(C(CC2CC2)CC2CC2)cc(O)c1C(c1cccc(NS(=O)(=O)c2ccc3ccccc3n2)c1)C1CC1. The van der Waals surface area contributed by atoms with Crippen LogP contribution < -0.4 is 10.3 Å². The molecule has 0 radical (unpaired) electrons. The Kier molecular flexibility index (Phi) is 6.61. The van der Waals surface area contributed by atoms with Crippen molar-refractivity contribution in [2.75, 3.05) is 4.72 Å². The average molecular weight is 571 g/mol. The van der Waals surface area contributed by atoms with E-state index in [1.165, 1.54) is 31.7 Å². The number of anilines is 1. The number of para-hydroxylation sites is 1. The highest BCUT2D eigenvalue weighted by molar-refractivity contribution is 7.92. The van der Waals surface area contributed by atoms with Gasteiger partial charge in [0, 0.05) is 29.0 Å². The van der Waals surface area contributed by atoms with Gasteiger partial charge in [-0.3, -0.25) is 4.72 Å². The minimum absolute atomic E-state index is 0.0175. The largest absolute Gasteiger partial charge is 0.507 e. The van der Waals surface area contributed by atoms with Gasteiger partial charge in [-0.05, 0) is 79.3 Å². The standard InChI is InChI=1S/C33H34N2O5S/c36-28-19-29(25(16-20-8-9-20)17-21-10-11-21)40-33(37)32(28)31(23-12-13-23)24-5-3-6-26(18-24)35-41(38,39)30-15-14-22-4-1-2-7-27(22)34-30/h1-7,14-15,18-21,23,25,31,35-36H,8-13,16-17H2. The molecule has 7 rings (SSSR count). The van der Waals surface area contributed by atoms with Crippen molar-refractivity contribution >= 4 is 26.6 Å². The predicted octanol–water partition coefficient (Wildman–Crippen LogP) is 6.92. The number of nitrogens with one attached hydrogen (secondary N) is 1. The molecule has 7 nitrogen and oxygen atoms in total. The molecule has 0 saturated heterocycles. The number of aromatic nitrogens is 1. The molecule has 1 atom stereocenters. The quantitative estimate of drug-likeness (QED) is 0.203. The smallest absolute Gasteiger partial charge is 0.343 e. The van der Waals surface area contributed by atoms with Gasteiger partial charge in [0.15, 0.2) is 5.03 Å². The third-order valence-corrected chi connectivity index (χ3v) is 10.1. The van der Waals surface area contributed by atoms with Crippen LogP contribution in [-0.2, 0) is 10.0 Å². The normalized spacial score (nSPS) is 18.1.